The Balaban J connectivity index is 2.08. The lowest BCUT2D eigenvalue weighted by molar-refractivity contribution is -0.146. The first kappa shape index (κ1) is 26.2. The van der Waals surface area contributed by atoms with E-state index in [9.17, 15) is 19.8 Å². The number of ether oxygens (including phenoxy) is 2. The van der Waals surface area contributed by atoms with Crippen molar-refractivity contribution in [3.63, 3.8) is 0 Å². The standard InChI is InChI=1S/C23H31NO6S2/c1-3-5-6-7-8-9-12-30-18-11-10-16(13-19(18)29-4-2)14-20-21(26)24(23(31)32-20)17(15-25)22(27)28/h10-11,13-14,17,25H,3-9,12,15H2,1-2H3,(H,27,28)/b20-14+/t17-/m0/s1. The Bertz CT molecular complexity index is 842. The summed E-state index contributed by atoms with van der Waals surface area (Å²) < 4.78 is 11.7. The number of aliphatic hydroxyl groups is 1. The van der Waals surface area contributed by atoms with Crippen molar-refractivity contribution >= 4 is 46.3 Å². The number of nitrogens with zero attached hydrogens (tertiary/aromatic N) is 1. The lowest BCUT2D eigenvalue weighted by atomic mass is 10.1. The number of carboxylic acid groups (broad SMARTS) is 1. The van der Waals surface area contributed by atoms with E-state index in [0.29, 0.717) is 30.3 Å². The van der Waals surface area contributed by atoms with Gasteiger partial charge in [-0.1, -0.05) is 69.1 Å². The van der Waals surface area contributed by atoms with Crippen molar-refractivity contribution in [3.8, 4) is 11.5 Å². The van der Waals surface area contributed by atoms with Crippen LogP contribution in [0.15, 0.2) is 23.1 Å². The molecule has 1 aliphatic rings. The van der Waals surface area contributed by atoms with Crippen LogP contribution in [0.3, 0.4) is 0 Å². The molecule has 0 spiro atoms. The maximum absolute atomic E-state index is 12.7. The van der Waals surface area contributed by atoms with E-state index in [2.05, 4.69) is 6.92 Å². The van der Waals surface area contributed by atoms with Crippen LogP contribution >= 0.6 is 24.0 Å². The van der Waals surface area contributed by atoms with Crippen LogP contribution in [0.4, 0.5) is 0 Å². The first-order chi connectivity index (χ1) is 15.4. The summed E-state index contributed by atoms with van der Waals surface area (Å²) in [6.07, 6.45) is 8.72. The largest absolute Gasteiger partial charge is 0.490 e. The van der Waals surface area contributed by atoms with Crippen molar-refractivity contribution in [3.05, 3.63) is 28.7 Å². The van der Waals surface area contributed by atoms with Crippen molar-refractivity contribution in [2.45, 2.75) is 58.4 Å². The number of carboxylic acids is 1. The van der Waals surface area contributed by atoms with Gasteiger partial charge in [-0.3, -0.25) is 9.69 Å². The fraction of sp³-hybridized carbons (Fsp3) is 0.522. The number of aliphatic carboxylic acids is 1. The zero-order valence-corrected chi connectivity index (χ0v) is 20.2. The number of thioether (sulfide) groups is 1. The Hall–Kier alpha value is -2.10. The molecule has 1 aromatic carbocycles. The lowest BCUT2D eigenvalue weighted by Crippen LogP contribution is -2.46. The minimum Gasteiger partial charge on any atom is -0.490 e. The molecule has 176 valence electrons. The molecular formula is C23H31NO6S2. The van der Waals surface area contributed by atoms with Gasteiger partial charge in [0.05, 0.1) is 24.7 Å². The van der Waals surface area contributed by atoms with E-state index in [-0.39, 0.29) is 9.23 Å². The quantitative estimate of drug-likeness (QED) is 0.228. The number of carbonyl (C=O) groups excluding carboxylic acids is 1. The fourth-order valence-corrected chi connectivity index (χ4v) is 4.59. The van der Waals surface area contributed by atoms with Gasteiger partial charge in [-0.25, -0.2) is 4.79 Å². The number of aliphatic hydroxyl groups excluding tert-OH is 1. The maximum Gasteiger partial charge on any atom is 0.329 e. The first-order valence-corrected chi connectivity index (χ1v) is 12.2. The van der Waals surface area contributed by atoms with Crippen LogP contribution in [0.25, 0.3) is 6.08 Å². The van der Waals surface area contributed by atoms with Crippen molar-refractivity contribution in [2.24, 2.45) is 0 Å². The van der Waals surface area contributed by atoms with Crippen LogP contribution < -0.4 is 9.47 Å². The Kier molecular flexibility index (Phi) is 11.0. The van der Waals surface area contributed by atoms with Crippen LogP contribution in [0.5, 0.6) is 11.5 Å². The number of hydrogen-bond acceptors (Lipinski definition) is 7. The van der Waals surface area contributed by atoms with Gasteiger partial charge < -0.3 is 19.7 Å². The highest BCUT2D eigenvalue weighted by Crippen LogP contribution is 2.36. The van der Waals surface area contributed by atoms with E-state index in [1.165, 1.54) is 25.7 Å². The van der Waals surface area contributed by atoms with Gasteiger partial charge >= 0.3 is 5.97 Å². The van der Waals surface area contributed by atoms with Crippen molar-refractivity contribution in [1.82, 2.24) is 4.90 Å². The van der Waals surface area contributed by atoms with Crippen LogP contribution in [-0.2, 0) is 9.59 Å². The Morgan fingerprint density at radius 1 is 1.16 bits per heavy atom. The Labute approximate surface area is 198 Å². The molecule has 7 nitrogen and oxygen atoms in total. The normalized spacial score (nSPS) is 16.0. The monoisotopic (exact) mass is 481 g/mol. The SMILES string of the molecule is CCCCCCCCOc1ccc(/C=C2/SC(=S)N([C@@H](CO)C(=O)O)C2=O)cc1OCC. The van der Waals surface area contributed by atoms with Crippen LogP contribution in [0, 0.1) is 0 Å². The zero-order valence-electron chi connectivity index (χ0n) is 18.5. The Morgan fingerprint density at radius 2 is 1.88 bits per heavy atom. The summed E-state index contributed by atoms with van der Waals surface area (Å²) in [5.74, 6) is -0.615. The molecule has 0 unspecified atom stereocenters. The summed E-state index contributed by atoms with van der Waals surface area (Å²) in [7, 11) is 0. The van der Waals surface area contributed by atoms with Gasteiger partial charge in [-0.2, -0.15) is 0 Å². The second-order valence-corrected chi connectivity index (χ2v) is 9.02. The molecule has 1 aliphatic heterocycles. The van der Waals surface area contributed by atoms with Crippen LogP contribution in [0.1, 0.15) is 57.9 Å². The number of carbonyl (C=O) groups is 2. The molecule has 2 rings (SSSR count). The van der Waals surface area contributed by atoms with Crippen LogP contribution in [-0.4, -0.2) is 57.2 Å². The predicted octanol–water partition coefficient (Wildman–Crippen LogP) is 4.47. The molecule has 32 heavy (non-hydrogen) atoms. The van der Waals surface area contributed by atoms with Gasteiger partial charge in [-0.15, -0.1) is 0 Å². The maximum atomic E-state index is 12.7. The highest BCUT2D eigenvalue weighted by atomic mass is 32.2. The lowest BCUT2D eigenvalue weighted by Gasteiger charge is -2.20. The molecule has 0 radical (unpaired) electrons. The van der Waals surface area contributed by atoms with Crippen molar-refractivity contribution in [1.29, 1.82) is 0 Å². The van der Waals surface area contributed by atoms with E-state index in [1.54, 1.807) is 12.1 Å². The second-order valence-electron chi connectivity index (χ2n) is 7.34. The third kappa shape index (κ3) is 7.21. The minimum absolute atomic E-state index is 0.103. The third-order valence-corrected chi connectivity index (χ3v) is 6.24. The molecule has 9 heteroatoms. The molecule has 0 bridgehead atoms. The molecule has 1 amide bonds. The average Bonchev–Trinajstić information content (AvgIpc) is 3.03. The molecule has 1 aromatic rings. The smallest absolute Gasteiger partial charge is 0.329 e. The van der Waals surface area contributed by atoms with Crippen molar-refractivity contribution in [2.75, 3.05) is 19.8 Å². The number of unbranched alkanes of at least 4 members (excludes halogenated alkanes) is 5. The molecule has 0 aliphatic carbocycles. The highest BCUT2D eigenvalue weighted by Gasteiger charge is 2.40. The molecule has 1 heterocycles. The fourth-order valence-electron chi connectivity index (χ4n) is 3.24. The number of rotatable bonds is 14. The van der Waals surface area contributed by atoms with E-state index >= 15 is 0 Å². The summed E-state index contributed by atoms with van der Waals surface area (Å²) in [5.41, 5.74) is 0.705. The van der Waals surface area contributed by atoms with Gasteiger partial charge in [0.1, 0.15) is 4.32 Å². The van der Waals surface area contributed by atoms with E-state index in [0.717, 1.165) is 29.5 Å². The molecule has 1 fully saturated rings. The van der Waals surface area contributed by atoms with E-state index < -0.39 is 24.5 Å². The molecule has 0 saturated carbocycles. The molecule has 0 aromatic heterocycles. The van der Waals surface area contributed by atoms with Crippen molar-refractivity contribution < 1.29 is 29.3 Å². The van der Waals surface area contributed by atoms with E-state index in [1.807, 2.05) is 19.1 Å². The zero-order chi connectivity index (χ0) is 23.5. The summed E-state index contributed by atoms with van der Waals surface area (Å²) in [5, 5.41) is 18.6. The average molecular weight is 482 g/mol. The number of benzene rings is 1. The summed E-state index contributed by atoms with van der Waals surface area (Å²) in [6, 6.07) is 4.01. The minimum atomic E-state index is -1.40. The van der Waals surface area contributed by atoms with Gasteiger partial charge in [0, 0.05) is 0 Å². The van der Waals surface area contributed by atoms with Gasteiger partial charge in [0.2, 0.25) is 0 Å². The molecule has 2 N–H and O–H groups in total. The third-order valence-electron chi connectivity index (χ3n) is 4.91. The Morgan fingerprint density at radius 3 is 2.53 bits per heavy atom. The predicted molar refractivity (Wildman–Crippen MR) is 130 cm³/mol. The van der Waals surface area contributed by atoms with Gasteiger partial charge in [-0.05, 0) is 37.1 Å². The topological polar surface area (TPSA) is 96.3 Å². The number of amides is 1. The van der Waals surface area contributed by atoms with E-state index in [4.69, 9.17) is 21.7 Å². The molecule has 1 atom stereocenters. The first-order valence-electron chi connectivity index (χ1n) is 10.9. The molecule has 1 saturated heterocycles. The number of thiocarbonyl (C=S) groups is 1. The van der Waals surface area contributed by atoms with Crippen LogP contribution in [0.2, 0.25) is 0 Å². The second kappa shape index (κ2) is 13.4. The number of hydrogen-bond donors (Lipinski definition) is 2. The summed E-state index contributed by atoms with van der Waals surface area (Å²) >= 11 is 6.17. The van der Waals surface area contributed by atoms with Gasteiger partial charge in [0.25, 0.3) is 5.91 Å². The summed E-state index contributed by atoms with van der Waals surface area (Å²) in [6.45, 7) is 4.45. The highest BCUT2D eigenvalue weighted by molar-refractivity contribution is 8.26. The molecular weight excluding hydrogens is 450 g/mol. The van der Waals surface area contributed by atoms with Gasteiger partial charge in [0.15, 0.2) is 17.5 Å². The summed E-state index contributed by atoms with van der Waals surface area (Å²) in [4.78, 5) is 25.2.